The number of nitrogens with one attached hydrogen (secondary N) is 3. The molecule has 0 aromatic heterocycles. The summed E-state index contributed by atoms with van der Waals surface area (Å²) in [5, 5.41) is 18.3. The molecule has 48 heavy (non-hydrogen) atoms. The lowest BCUT2D eigenvalue weighted by Crippen LogP contribution is -2.59. The van der Waals surface area contributed by atoms with Crippen molar-refractivity contribution in [1.29, 1.82) is 0 Å². The molecule has 1 heterocycles. The number of hydrogen-bond donors (Lipinski definition) is 7. The number of nitrogens with two attached hydrogens (primary N) is 3. The quantitative estimate of drug-likeness (QED) is 0.0696. The molecular formula is C32H41ClN8O7. The second-order valence-corrected chi connectivity index (χ2v) is 11.9. The largest absolute Gasteiger partial charge is 0.480 e. The molecule has 0 saturated heterocycles. The molecule has 0 radical (unpaired) electrons. The highest BCUT2D eigenvalue weighted by Gasteiger charge is 2.39. The lowest BCUT2D eigenvalue weighted by atomic mass is 9.92. The van der Waals surface area contributed by atoms with Gasteiger partial charge in [-0.15, -0.1) is 0 Å². The van der Waals surface area contributed by atoms with Crippen LogP contribution in [0.4, 0.5) is 0 Å². The van der Waals surface area contributed by atoms with Gasteiger partial charge < -0.3 is 43.2 Å². The molecule has 1 aliphatic heterocycles. The molecule has 2 aromatic rings. The van der Waals surface area contributed by atoms with Crippen LogP contribution in [-0.2, 0) is 48.2 Å². The van der Waals surface area contributed by atoms with E-state index in [1.54, 1.807) is 48.5 Å². The van der Waals surface area contributed by atoms with Gasteiger partial charge in [0.1, 0.15) is 24.2 Å². The van der Waals surface area contributed by atoms with E-state index in [1.807, 2.05) is 0 Å². The molecule has 3 rings (SSSR count). The highest BCUT2D eigenvalue weighted by Crippen LogP contribution is 2.25. The minimum atomic E-state index is -1.35. The molecule has 15 nitrogen and oxygen atoms in total. The first-order chi connectivity index (χ1) is 22.7. The van der Waals surface area contributed by atoms with E-state index >= 15 is 0 Å². The van der Waals surface area contributed by atoms with Crippen LogP contribution < -0.4 is 33.2 Å². The number of carboxylic acid groups (broad SMARTS) is 1. The molecule has 0 aliphatic carbocycles. The monoisotopic (exact) mass is 684 g/mol. The smallest absolute Gasteiger partial charge is 0.326 e. The van der Waals surface area contributed by atoms with E-state index in [1.165, 1.54) is 11.8 Å². The number of carbonyl (C=O) groups is 6. The second kappa shape index (κ2) is 17.7. The summed E-state index contributed by atoms with van der Waals surface area (Å²) in [5.74, 6) is -4.77. The molecule has 5 amide bonds. The van der Waals surface area contributed by atoms with Crippen LogP contribution in [0.3, 0.4) is 0 Å². The Morgan fingerprint density at radius 3 is 2.08 bits per heavy atom. The topological polar surface area (TPSA) is 252 Å². The van der Waals surface area contributed by atoms with Gasteiger partial charge in [0.05, 0.1) is 0 Å². The van der Waals surface area contributed by atoms with Gasteiger partial charge >= 0.3 is 5.97 Å². The van der Waals surface area contributed by atoms with Crippen LogP contribution in [0.2, 0.25) is 5.02 Å². The molecule has 10 N–H and O–H groups in total. The van der Waals surface area contributed by atoms with Gasteiger partial charge in [-0.05, 0) is 48.1 Å². The number of nitrogens with zero attached hydrogens (tertiary/aromatic N) is 2. The molecule has 2 aromatic carbocycles. The lowest BCUT2D eigenvalue weighted by molar-refractivity contribution is -0.152. The van der Waals surface area contributed by atoms with E-state index in [0.717, 1.165) is 11.1 Å². The molecule has 0 fully saturated rings. The van der Waals surface area contributed by atoms with E-state index in [2.05, 4.69) is 20.9 Å². The van der Waals surface area contributed by atoms with E-state index in [9.17, 15) is 33.9 Å². The van der Waals surface area contributed by atoms with E-state index < -0.39 is 59.7 Å². The zero-order valence-corrected chi connectivity index (χ0v) is 27.2. The Morgan fingerprint density at radius 1 is 0.896 bits per heavy atom. The van der Waals surface area contributed by atoms with Gasteiger partial charge in [0.25, 0.3) is 0 Å². The fraction of sp³-hybridized carbons (Fsp3) is 0.406. The Labute approximate surface area is 282 Å². The Morgan fingerprint density at radius 2 is 1.50 bits per heavy atom. The average Bonchev–Trinajstić information content (AvgIpc) is 3.03. The zero-order valence-electron chi connectivity index (χ0n) is 26.5. The summed E-state index contributed by atoms with van der Waals surface area (Å²) in [5.41, 5.74) is 18.2. The van der Waals surface area contributed by atoms with Crippen molar-refractivity contribution in [1.82, 2.24) is 20.9 Å². The number of fused-ring (bicyclic) bond motifs is 1. The molecule has 0 saturated carbocycles. The molecule has 0 unspecified atom stereocenters. The van der Waals surface area contributed by atoms with Crippen LogP contribution >= 0.6 is 11.6 Å². The first kappa shape index (κ1) is 37.3. The van der Waals surface area contributed by atoms with Crippen molar-refractivity contribution in [3.63, 3.8) is 0 Å². The summed E-state index contributed by atoms with van der Waals surface area (Å²) in [6, 6.07) is 8.86. The summed E-state index contributed by atoms with van der Waals surface area (Å²) >= 11 is 6.05. The SMILES string of the molecule is CC(=O)N[C@@H](CCCN=C(N)N)C(=O)N[C@@H](CCC(N)=O)C(=O)N[C@H](Cc1ccc(Cl)cc1)C(=O)N1Cc2ccccc2C[C@@H]1C(=O)O. The van der Waals surface area contributed by atoms with E-state index in [4.69, 9.17) is 28.8 Å². The molecule has 4 atom stereocenters. The van der Waals surface area contributed by atoms with Crippen molar-refractivity contribution in [3.8, 4) is 0 Å². The average molecular weight is 685 g/mol. The van der Waals surface area contributed by atoms with Crippen molar-refractivity contribution in [2.45, 2.75) is 76.2 Å². The Balaban J connectivity index is 1.90. The van der Waals surface area contributed by atoms with Crippen LogP contribution in [0.5, 0.6) is 0 Å². The first-order valence-electron chi connectivity index (χ1n) is 15.3. The number of amides is 5. The van der Waals surface area contributed by atoms with Crippen molar-refractivity contribution < 1.29 is 33.9 Å². The minimum Gasteiger partial charge on any atom is -0.480 e. The molecule has 1 aliphatic rings. The van der Waals surface area contributed by atoms with Gasteiger partial charge in [0, 0.05) is 44.3 Å². The Hall–Kier alpha value is -5.18. The third kappa shape index (κ3) is 11.3. The van der Waals surface area contributed by atoms with Gasteiger partial charge in [-0.3, -0.25) is 29.0 Å². The summed E-state index contributed by atoms with van der Waals surface area (Å²) in [6.45, 7) is 1.41. The van der Waals surface area contributed by atoms with Crippen molar-refractivity contribution in [2.75, 3.05) is 6.54 Å². The van der Waals surface area contributed by atoms with Crippen molar-refractivity contribution in [3.05, 3.63) is 70.2 Å². The summed E-state index contributed by atoms with van der Waals surface area (Å²) in [7, 11) is 0. The molecule has 0 bridgehead atoms. The number of aliphatic carboxylic acids is 1. The summed E-state index contributed by atoms with van der Waals surface area (Å²) < 4.78 is 0. The fourth-order valence-electron chi connectivity index (χ4n) is 5.35. The highest BCUT2D eigenvalue weighted by molar-refractivity contribution is 6.30. The zero-order chi connectivity index (χ0) is 35.4. The molecule has 258 valence electrons. The predicted octanol–water partition coefficient (Wildman–Crippen LogP) is -0.286. The van der Waals surface area contributed by atoms with E-state index in [-0.39, 0.29) is 51.2 Å². The maximum atomic E-state index is 14.1. The highest BCUT2D eigenvalue weighted by atomic mass is 35.5. The molecule has 16 heteroatoms. The maximum absolute atomic E-state index is 14.1. The number of rotatable bonds is 16. The van der Waals surface area contributed by atoms with Gasteiger partial charge in [-0.25, -0.2) is 4.79 Å². The third-order valence-corrected chi connectivity index (χ3v) is 7.99. The van der Waals surface area contributed by atoms with Crippen LogP contribution in [0.1, 0.15) is 49.3 Å². The van der Waals surface area contributed by atoms with E-state index in [0.29, 0.717) is 17.0 Å². The van der Waals surface area contributed by atoms with Crippen LogP contribution in [0.15, 0.2) is 53.5 Å². The number of halogens is 1. The number of carboxylic acids is 1. The van der Waals surface area contributed by atoms with Gasteiger partial charge in [0.2, 0.25) is 29.5 Å². The molecular weight excluding hydrogens is 644 g/mol. The maximum Gasteiger partial charge on any atom is 0.326 e. The Bertz CT molecular complexity index is 1530. The minimum absolute atomic E-state index is 0.000944. The van der Waals surface area contributed by atoms with Crippen molar-refractivity contribution in [2.24, 2.45) is 22.2 Å². The van der Waals surface area contributed by atoms with Gasteiger partial charge in [-0.2, -0.15) is 0 Å². The fourth-order valence-corrected chi connectivity index (χ4v) is 5.48. The number of guanidine groups is 1. The van der Waals surface area contributed by atoms with Gasteiger partial charge in [0.15, 0.2) is 5.96 Å². The van der Waals surface area contributed by atoms with Crippen LogP contribution in [0.25, 0.3) is 0 Å². The first-order valence-corrected chi connectivity index (χ1v) is 15.7. The standard InChI is InChI=1S/C32H41ClN8O7/c1-18(42)38-23(7-4-14-37-32(35)36)28(44)39-24(12-13-27(34)43)29(45)40-25(15-19-8-10-22(33)11-9-19)30(46)41-17-21-6-3-2-5-20(21)16-26(41)31(47)48/h2-3,5-6,8-11,23-26H,4,7,12-17H2,1H3,(H2,34,43)(H,38,42)(H,39,44)(H,40,45)(H,47,48)(H4,35,36,37)/t23-,24-,25+,26+/m0/s1. The number of carbonyl (C=O) groups excluding carboxylic acids is 5. The Kier molecular flexibility index (Phi) is 13.7. The third-order valence-electron chi connectivity index (χ3n) is 7.74. The normalized spacial score (nSPS) is 15.5. The number of hydrogen-bond acceptors (Lipinski definition) is 7. The summed E-state index contributed by atoms with van der Waals surface area (Å²) in [6.07, 6.45) is -0.0312. The number of aliphatic imine (C=N–C) groups is 1. The van der Waals surface area contributed by atoms with Crippen molar-refractivity contribution >= 4 is 53.1 Å². The number of benzene rings is 2. The number of primary amides is 1. The lowest BCUT2D eigenvalue weighted by Gasteiger charge is -2.37. The molecule has 0 spiro atoms. The van der Waals surface area contributed by atoms with Crippen LogP contribution in [-0.4, -0.2) is 82.2 Å². The summed E-state index contributed by atoms with van der Waals surface area (Å²) in [4.78, 5) is 82.2. The second-order valence-electron chi connectivity index (χ2n) is 11.5. The van der Waals surface area contributed by atoms with Gasteiger partial charge in [-0.1, -0.05) is 48.0 Å². The predicted molar refractivity (Wildman–Crippen MR) is 177 cm³/mol. The van der Waals surface area contributed by atoms with Crippen LogP contribution in [0, 0.1) is 0 Å².